The van der Waals surface area contributed by atoms with E-state index in [9.17, 15) is 4.79 Å². The molecule has 2 atom stereocenters. The average molecular weight is 520 g/mol. The van der Waals surface area contributed by atoms with Crippen LogP contribution < -0.4 is 11.1 Å². The van der Waals surface area contributed by atoms with Crippen molar-refractivity contribution in [1.29, 1.82) is 0 Å². The van der Waals surface area contributed by atoms with Gasteiger partial charge in [0, 0.05) is 30.9 Å². The number of nitrogens with one attached hydrogen (secondary N) is 1. The first-order valence-electron chi connectivity index (χ1n) is 14.1. The molecule has 1 heterocycles. The highest BCUT2D eigenvalue weighted by molar-refractivity contribution is 5.96. The zero-order valence-corrected chi connectivity index (χ0v) is 23.4. The topological polar surface area (TPSA) is 84.7 Å². The lowest BCUT2D eigenvalue weighted by Gasteiger charge is -2.40. The summed E-state index contributed by atoms with van der Waals surface area (Å²) in [7, 11) is 0. The highest BCUT2D eigenvalue weighted by Gasteiger charge is 2.37. The molecule has 0 aromatic rings. The Morgan fingerprint density at radius 2 is 1.95 bits per heavy atom. The Morgan fingerprint density at radius 3 is 2.61 bits per heavy atom. The van der Waals surface area contributed by atoms with Crippen LogP contribution in [0.15, 0.2) is 82.7 Å². The third-order valence-corrected chi connectivity index (χ3v) is 7.70. The first-order valence-corrected chi connectivity index (χ1v) is 14.1. The molecule has 206 valence electrons. The van der Waals surface area contributed by atoms with E-state index in [2.05, 4.69) is 54.8 Å². The second-order valence-corrected chi connectivity index (χ2v) is 10.2. The SMILES string of the molecule is C=O.CCN(CC)C(=O)C1=CC=C(C2=CC(CC)(CCCN)OC3C=CC=C(NCC4CC4)C=C23)CC=C1. The van der Waals surface area contributed by atoms with Crippen molar-refractivity contribution in [3.8, 4) is 0 Å². The van der Waals surface area contributed by atoms with Crippen LogP contribution in [0.1, 0.15) is 59.3 Å². The highest BCUT2D eigenvalue weighted by atomic mass is 16.5. The molecule has 0 bridgehead atoms. The molecule has 1 aliphatic heterocycles. The van der Waals surface area contributed by atoms with E-state index in [1.54, 1.807) is 0 Å². The number of carbonyl (C=O) groups is 2. The molecule has 3 N–H and O–H groups in total. The van der Waals surface area contributed by atoms with Gasteiger partial charge >= 0.3 is 0 Å². The Balaban J connectivity index is 0.00000195. The van der Waals surface area contributed by atoms with E-state index >= 15 is 0 Å². The largest absolute Gasteiger partial charge is 0.385 e. The number of likely N-dealkylation sites (N-methyl/N-ethyl adjacent to an activating group) is 1. The van der Waals surface area contributed by atoms with Gasteiger partial charge in [-0.25, -0.2) is 0 Å². The predicted octanol–water partition coefficient (Wildman–Crippen LogP) is 5.08. The van der Waals surface area contributed by atoms with E-state index in [1.165, 1.54) is 29.6 Å². The van der Waals surface area contributed by atoms with Gasteiger partial charge in [-0.1, -0.05) is 37.3 Å². The zero-order valence-electron chi connectivity index (χ0n) is 23.4. The molecular formula is C32H45N3O3. The number of hydrogen-bond donors (Lipinski definition) is 2. The van der Waals surface area contributed by atoms with Crippen LogP contribution in [0.2, 0.25) is 0 Å². The Kier molecular flexibility index (Phi) is 11.1. The van der Waals surface area contributed by atoms with E-state index < -0.39 is 0 Å². The van der Waals surface area contributed by atoms with E-state index in [0.29, 0.717) is 19.6 Å². The Labute approximate surface area is 228 Å². The zero-order chi connectivity index (χ0) is 27.5. The molecule has 0 saturated heterocycles. The first-order chi connectivity index (χ1) is 18.5. The molecule has 1 saturated carbocycles. The second-order valence-electron chi connectivity index (χ2n) is 10.2. The van der Waals surface area contributed by atoms with Gasteiger partial charge in [-0.05, 0) is 106 Å². The van der Waals surface area contributed by atoms with Crippen LogP contribution >= 0.6 is 0 Å². The van der Waals surface area contributed by atoms with Gasteiger partial charge < -0.3 is 25.5 Å². The number of carbonyl (C=O) groups excluding carboxylic acids is 2. The van der Waals surface area contributed by atoms with Crippen molar-refractivity contribution in [2.75, 3.05) is 26.2 Å². The lowest BCUT2D eigenvalue weighted by molar-refractivity contribution is -0.126. The van der Waals surface area contributed by atoms with E-state index in [0.717, 1.165) is 49.4 Å². The van der Waals surface area contributed by atoms with Crippen molar-refractivity contribution in [3.05, 3.63) is 82.7 Å². The van der Waals surface area contributed by atoms with Gasteiger partial charge in [-0.3, -0.25) is 4.79 Å². The molecule has 0 radical (unpaired) electrons. The standard InChI is InChI=1S/C31H43N3O2.CH2O/c1-4-31(18-9-19-32)21-28(24-10-7-11-25(17-16-24)30(35)34(5-2)6-3)27-20-26(33-22-23-14-15-23)12-8-13-29(27)36-31;1-2/h7-8,11-13,16-17,20-21,23,29,33H,4-6,9-10,14-15,18-19,22,32H2,1-3H3;1H2. The van der Waals surface area contributed by atoms with Crippen molar-refractivity contribution in [1.82, 2.24) is 10.2 Å². The third kappa shape index (κ3) is 7.33. The summed E-state index contributed by atoms with van der Waals surface area (Å²) >= 11 is 0. The summed E-state index contributed by atoms with van der Waals surface area (Å²) in [6.45, 7) is 11.3. The quantitative estimate of drug-likeness (QED) is 0.398. The second kappa shape index (κ2) is 14.3. The minimum absolute atomic E-state index is 0.0875. The van der Waals surface area contributed by atoms with Crippen molar-refractivity contribution in [2.45, 2.75) is 71.0 Å². The number of rotatable bonds is 11. The van der Waals surface area contributed by atoms with Crippen LogP contribution in [0.5, 0.6) is 0 Å². The number of allylic oxidation sites excluding steroid dienone is 7. The lowest BCUT2D eigenvalue weighted by atomic mass is 9.81. The summed E-state index contributed by atoms with van der Waals surface area (Å²) in [4.78, 5) is 22.9. The molecule has 4 rings (SSSR count). The summed E-state index contributed by atoms with van der Waals surface area (Å²) in [6.07, 6.45) is 25.3. The summed E-state index contributed by atoms with van der Waals surface area (Å²) in [6, 6.07) is 0. The Morgan fingerprint density at radius 1 is 1.18 bits per heavy atom. The maximum absolute atomic E-state index is 13.0. The Hall–Kier alpha value is -2.96. The van der Waals surface area contributed by atoms with Gasteiger partial charge in [0.15, 0.2) is 0 Å². The monoisotopic (exact) mass is 519 g/mol. The molecule has 0 spiro atoms. The fourth-order valence-electron chi connectivity index (χ4n) is 5.16. The van der Waals surface area contributed by atoms with E-state index in [-0.39, 0.29) is 17.6 Å². The number of nitrogens with two attached hydrogens (primary N) is 1. The van der Waals surface area contributed by atoms with Gasteiger partial charge in [0.1, 0.15) is 12.9 Å². The van der Waals surface area contributed by atoms with Gasteiger partial charge in [-0.15, -0.1) is 0 Å². The van der Waals surface area contributed by atoms with Gasteiger partial charge in [0.25, 0.3) is 5.91 Å². The molecule has 0 aromatic carbocycles. The number of fused-ring (bicyclic) bond motifs is 1. The normalized spacial score (nSPS) is 24.2. The number of nitrogens with zero attached hydrogens (tertiary/aromatic N) is 1. The molecule has 6 heteroatoms. The number of amides is 1. The van der Waals surface area contributed by atoms with Crippen molar-refractivity contribution in [3.63, 3.8) is 0 Å². The lowest BCUT2D eigenvalue weighted by Crippen LogP contribution is -2.40. The molecule has 4 aliphatic rings. The minimum Gasteiger partial charge on any atom is -0.385 e. The molecule has 1 fully saturated rings. The van der Waals surface area contributed by atoms with Crippen LogP contribution in [0.3, 0.4) is 0 Å². The minimum atomic E-state index is -0.354. The fourth-order valence-corrected chi connectivity index (χ4v) is 5.16. The summed E-state index contributed by atoms with van der Waals surface area (Å²) in [5.74, 6) is 0.889. The fraction of sp³-hybridized carbons (Fsp3) is 0.500. The van der Waals surface area contributed by atoms with Crippen molar-refractivity contribution in [2.24, 2.45) is 11.7 Å². The smallest absolute Gasteiger partial charge is 0.253 e. The van der Waals surface area contributed by atoms with Crippen LogP contribution in [0, 0.1) is 5.92 Å². The first kappa shape index (κ1) is 29.6. The Bertz CT molecular complexity index is 1050. The molecule has 3 aliphatic carbocycles. The summed E-state index contributed by atoms with van der Waals surface area (Å²) in [5, 5.41) is 3.65. The molecule has 0 aromatic heterocycles. The molecular weight excluding hydrogens is 474 g/mol. The van der Waals surface area contributed by atoms with Crippen LogP contribution in [-0.2, 0) is 14.3 Å². The molecule has 2 unspecified atom stereocenters. The highest BCUT2D eigenvalue weighted by Crippen LogP contribution is 2.42. The summed E-state index contributed by atoms with van der Waals surface area (Å²) < 4.78 is 6.80. The average Bonchev–Trinajstić information content (AvgIpc) is 3.80. The van der Waals surface area contributed by atoms with Crippen molar-refractivity contribution >= 4 is 12.7 Å². The van der Waals surface area contributed by atoms with Crippen LogP contribution in [0.25, 0.3) is 0 Å². The summed E-state index contributed by atoms with van der Waals surface area (Å²) in [5.41, 5.74) is 11.1. The van der Waals surface area contributed by atoms with E-state index in [4.69, 9.17) is 15.3 Å². The van der Waals surface area contributed by atoms with Crippen molar-refractivity contribution < 1.29 is 14.3 Å². The maximum atomic E-state index is 13.0. The van der Waals surface area contributed by atoms with Gasteiger partial charge in [-0.2, -0.15) is 0 Å². The van der Waals surface area contributed by atoms with E-state index in [1.807, 2.05) is 37.7 Å². The van der Waals surface area contributed by atoms with Crippen LogP contribution in [-0.4, -0.2) is 55.5 Å². The third-order valence-electron chi connectivity index (χ3n) is 7.70. The predicted molar refractivity (Wildman–Crippen MR) is 155 cm³/mol. The van der Waals surface area contributed by atoms with Gasteiger partial charge in [0.2, 0.25) is 0 Å². The van der Waals surface area contributed by atoms with Gasteiger partial charge in [0.05, 0.1) is 5.60 Å². The molecule has 38 heavy (non-hydrogen) atoms. The number of ether oxygens (including phenoxy) is 1. The van der Waals surface area contributed by atoms with Crippen LogP contribution in [0.4, 0.5) is 0 Å². The maximum Gasteiger partial charge on any atom is 0.253 e. The molecule has 1 amide bonds. The number of hydrogen-bond acceptors (Lipinski definition) is 5. The molecule has 6 nitrogen and oxygen atoms in total.